The van der Waals surface area contributed by atoms with E-state index in [1.54, 1.807) is 0 Å². The van der Waals surface area contributed by atoms with Crippen LogP contribution in [0.2, 0.25) is 0 Å². The Morgan fingerprint density at radius 3 is 2.50 bits per heavy atom. The van der Waals surface area contributed by atoms with Gasteiger partial charge in [0.15, 0.2) is 0 Å². The molecule has 0 aromatic heterocycles. The zero-order valence-corrected chi connectivity index (χ0v) is 8.10. The van der Waals surface area contributed by atoms with Crippen molar-refractivity contribution in [2.45, 2.75) is 13.3 Å². The van der Waals surface area contributed by atoms with Crippen LogP contribution in [0.15, 0.2) is 0 Å². The standard InChI is InChI=1S/C7H15N2O2S/c1-2-7-12(10,11)9-5-3-8-4-6-9/h7-8H,2-6H2,1H3. The van der Waals surface area contributed by atoms with Crippen molar-refractivity contribution >= 4 is 10.0 Å². The van der Waals surface area contributed by atoms with Crippen molar-refractivity contribution in [2.75, 3.05) is 26.2 Å². The monoisotopic (exact) mass is 191 g/mol. The second-order valence-corrected chi connectivity index (χ2v) is 4.65. The lowest BCUT2D eigenvalue weighted by Gasteiger charge is -2.26. The molecular weight excluding hydrogens is 176 g/mol. The largest absolute Gasteiger partial charge is 0.314 e. The van der Waals surface area contributed by atoms with Crippen LogP contribution < -0.4 is 5.32 Å². The molecule has 71 valence electrons. The van der Waals surface area contributed by atoms with E-state index < -0.39 is 10.0 Å². The summed E-state index contributed by atoms with van der Waals surface area (Å²) in [4.78, 5) is 0. The average molecular weight is 191 g/mol. The third kappa shape index (κ3) is 2.43. The van der Waals surface area contributed by atoms with Crippen molar-refractivity contribution in [2.24, 2.45) is 0 Å². The van der Waals surface area contributed by atoms with Crippen molar-refractivity contribution in [3.05, 3.63) is 5.75 Å². The molecule has 12 heavy (non-hydrogen) atoms. The van der Waals surface area contributed by atoms with E-state index in [9.17, 15) is 8.42 Å². The Morgan fingerprint density at radius 1 is 1.42 bits per heavy atom. The number of sulfonamides is 1. The molecule has 0 aromatic rings. The maximum atomic E-state index is 11.4. The highest BCUT2D eigenvalue weighted by atomic mass is 32.2. The van der Waals surface area contributed by atoms with Crippen molar-refractivity contribution < 1.29 is 8.42 Å². The first-order valence-corrected chi connectivity index (χ1v) is 5.71. The second kappa shape index (κ2) is 4.20. The summed E-state index contributed by atoms with van der Waals surface area (Å²) in [5.74, 6) is 1.37. The fraction of sp³-hybridized carbons (Fsp3) is 0.857. The maximum absolute atomic E-state index is 11.4. The van der Waals surface area contributed by atoms with Gasteiger partial charge in [0, 0.05) is 26.2 Å². The van der Waals surface area contributed by atoms with E-state index in [2.05, 4.69) is 5.32 Å². The minimum absolute atomic E-state index is 0.576. The Bertz CT molecular complexity index is 220. The van der Waals surface area contributed by atoms with Crippen LogP contribution in [0, 0.1) is 5.75 Å². The molecule has 0 spiro atoms. The Kier molecular flexibility index (Phi) is 3.49. The lowest BCUT2D eigenvalue weighted by molar-refractivity contribution is 0.362. The first kappa shape index (κ1) is 9.95. The van der Waals surface area contributed by atoms with Gasteiger partial charge in [-0.15, -0.1) is 0 Å². The fourth-order valence-electron chi connectivity index (χ4n) is 1.21. The molecule has 0 amide bonds. The second-order valence-electron chi connectivity index (χ2n) is 2.77. The molecule has 0 unspecified atom stereocenters. The molecule has 0 atom stereocenters. The van der Waals surface area contributed by atoms with Gasteiger partial charge in [-0.25, -0.2) is 8.42 Å². The van der Waals surface area contributed by atoms with E-state index in [1.807, 2.05) is 6.92 Å². The van der Waals surface area contributed by atoms with Crippen molar-refractivity contribution in [1.82, 2.24) is 9.62 Å². The maximum Gasteiger partial charge on any atom is 0.218 e. The smallest absolute Gasteiger partial charge is 0.218 e. The van der Waals surface area contributed by atoms with E-state index >= 15 is 0 Å². The molecule has 1 heterocycles. The Balaban J connectivity index is 2.54. The summed E-state index contributed by atoms with van der Waals surface area (Å²) in [6.45, 7) is 4.55. The summed E-state index contributed by atoms with van der Waals surface area (Å²) in [5.41, 5.74) is 0. The highest BCUT2D eigenvalue weighted by molar-refractivity contribution is 7.91. The highest BCUT2D eigenvalue weighted by Gasteiger charge is 2.22. The number of hydrogen-bond donors (Lipinski definition) is 1. The molecule has 1 radical (unpaired) electrons. The van der Waals surface area contributed by atoms with Crippen LogP contribution in [-0.4, -0.2) is 38.9 Å². The molecule has 1 saturated heterocycles. The highest BCUT2D eigenvalue weighted by Crippen LogP contribution is 2.07. The number of piperazine rings is 1. The van der Waals surface area contributed by atoms with Crippen LogP contribution in [0.25, 0.3) is 0 Å². The van der Waals surface area contributed by atoms with E-state index in [1.165, 1.54) is 10.1 Å². The predicted molar refractivity (Wildman–Crippen MR) is 48.0 cm³/mol. The summed E-state index contributed by atoms with van der Waals surface area (Å²) in [7, 11) is -3.07. The van der Waals surface area contributed by atoms with Gasteiger partial charge >= 0.3 is 0 Å². The molecule has 1 aliphatic rings. The quantitative estimate of drug-likeness (QED) is 0.671. The van der Waals surface area contributed by atoms with Gasteiger partial charge in [-0.2, -0.15) is 4.31 Å². The molecular formula is C7H15N2O2S. The number of nitrogens with one attached hydrogen (secondary N) is 1. The van der Waals surface area contributed by atoms with Gasteiger partial charge in [-0.05, 0) is 6.42 Å². The summed E-state index contributed by atoms with van der Waals surface area (Å²) in [6, 6.07) is 0. The predicted octanol–water partition coefficient (Wildman–Crippen LogP) is -0.207. The molecule has 1 rings (SSSR count). The molecule has 1 aliphatic heterocycles. The van der Waals surface area contributed by atoms with Gasteiger partial charge in [0.05, 0.1) is 5.75 Å². The fourth-order valence-corrected chi connectivity index (χ4v) is 2.54. The minimum atomic E-state index is -3.07. The molecule has 0 aromatic carbocycles. The lowest BCUT2D eigenvalue weighted by atomic mass is 10.4. The van der Waals surface area contributed by atoms with Gasteiger partial charge in [0.2, 0.25) is 10.0 Å². The Hall–Kier alpha value is -0.130. The topological polar surface area (TPSA) is 49.4 Å². The third-order valence-electron chi connectivity index (χ3n) is 1.81. The van der Waals surface area contributed by atoms with Crippen LogP contribution in [0.1, 0.15) is 13.3 Å². The summed E-state index contributed by atoms with van der Waals surface area (Å²) < 4.78 is 24.4. The summed E-state index contributed by atoms with van der Waals surface area (Å²) in [5, 5.41) is 3.11. The number of hydrogen-bond acceptors (Lipinski definition) is 3. The molecule has 0 saturated carbocycles. The first-order chi connectivity index (χ1) is 5.67. The summed E-state index contributed by atoms with van der Waals surface area (Å²) >= 11 is 0. The molecule has 1 N–H and O–H groups in total. The zero-order valence-electron chi connectivity index (χ0n) is 7.28. The molecule has 1 fully saturated rings. The van der Waals surface area contributed by atoms with Crippen LogP contribution in [0.4, 0.5) is 0 Å². The molecule has 5 heteroatoms. The third-order valence-corrected chi connectivity index (χ3v) is 3.65. The van der Waals surface area contributed by atoms with Gasteiger partial charge in [0.1, 0.15) is 0 Å². The molecule has 4 nitrogen and oxygen atoms in total. The average Bonchev–Trinajstić information content (AvgIpc) is 2.06. The van der Waals surface area contributed by atoms with Gasteiger partial charge in [0.25, 0.3) is 0 Å². The zero-order chi connectivity index (χ0) is 9.03. The lowest BCUT2D eigenvalue weighted by Crippen LogP contribution is -2.46. The number of rotatable bonds is 3. The van der Waals surface area contributed by atoms with Gasteiger partial charge < -0.3 is 5.32 Å². The summed E-state index contributed by atoms with van der Waals surface area (Å²) in [6.07, 6.45) is 0.576. The van der Waals surface area contributed by atoms with Crippen LogP contribution >= 0.6 is 0 Å². The van der Waals surface area contributed by atoms with Crippen LogP contribution in [-0.2, 0) is 10.0 Å². The Morgan fingerprint density at radius 2 is 2.00 bits per heavy atom. The van der Waals surface area contributed by atoms with E-state index in [0.29, 0.717) is 19.5 Å². The van der Waals surface area contributed by atoms with Gasteiger partial charge in [-0.3, -0.25) is 0 Å². The van der Waals surface area contributed by atoms with Crippen LogP contribution in [0.3, 0.4) is 0 Å². The van der Waals surface area contributed by atoms with Crippen molar-refractivity contribution in [1.29, 1.82) is 0 Å². The van der Waals surface area contributed by atoms with Gasteiger partial charge in [-0.1, -0.05) is 6.92 Å². The van der Waals surface area contributed by atoms with Crippen LogP contribution in [0.5, 0.6) is 0 Å². The minimum Gasteiger partial charge on any atom is -0.314 e. The van der Waals surface area contributed by atoms with E-state index in [-0.39, 0.29) is 0 Å². The first-order valence-electron chi connectivity index (χ1n) is 4.21. The Labute approximate surface area is 74.0 Å². The SMILES string of the molecule is CC[CH]S(=O)(=O)N1CCNCC1. The van der Waals surface area contributed by atoms with Crippen molar-refractivity contribution in [3.8, 4) is 0 Å². The van der Waals surface area contributed by atoms with E-state index in [4.69, 9.17) is 0 Å². The normalized spacial score (nSPS) is 21.1. The van der Waals surface area contributed by atoms with Crippen molar-refractivity contribution in [3.63, 3.8) is 0 Å². The molecule has 0 aliphatic carbocycles. The van der Waals surface area contributed by atoms with E-state index in [0.717, 1.165) is 13.1 Å². The molecule has 0 bridgehead atoms. The number of nitrogens with zero attached hydrogens (tertiary/aromatic N) is 1.